The van der Waals surface area contributed by atoms with Gasteiger partial charge in [0, 0.05) is 5.56 Å². The summed E-state index contributed by atoms with van der Waals surface area (Å²) < 4.78 is 0. The van der Waals surface area contributed by atoms with Crippen molar-refractivity contribution in [1.29, 1.82) is 5.26 Å². The van der Waals surface area contributed by atoms with E-state index in [1.54, 1.807) is 24.3 Å². The van der Waals surface area contributed by atoms with E-state index in [2.05, 4.69) is 23.6 Å². The minimum Gasteiger partial charge on any atom is -0.341 e. The van der Waals surface area contributed by atoms with Crippen LogP contribution in [0.1, 0.15) is 55.8 Å². The summed E-state index contributed by atoms with van der Waals surface area (Å²) in [5, 5.41) is 14.1. The maximum Gasteiger partial charge on any atom is 0.251 e. The lowest BCUT2D eigenvalue weighted by atomic mass is 9.81. The van der Waals surface area contributed by atoms with Crippen LogP contribution in [0.25, 0.3) is 0 Å². The highest BCUT2D eigenvalue weighted by atomic mass is 16.2. The van der Waals surface area contributed by atoms with Gasteiger partial charge in [0.2, 0.25) is 5.91 Å². The number of nitrogens with one attached hydrogen (secondary N) is 2. The fraction of sp³-hybridized carbons (Fsp3) is 0.476. The number of allylic oxidation sites excluding steroid dienone is 2. The Morgan fingerprint density at radius 3 is 2.58 bits per heavy atom. The number of nitriles is 1. The fourth-order valence-electron chi connectivity index (χ4n) is 3.42. The van der Waals surface area contributed by atoms with Crippen molar-refractivity contribution in [2.24, 2.45) is 5.92 Å². The first-order valence-corrected chi connectivity index (χ1v) is 9.32. The van der Waals surface area contributed by atoms with Gasteiger partial charge in [-0.05, 0) is 56.6 Å². The van der Waals surface area contributed by atoms with Crippen LogP contribution in [0.3, 0.4) is 0 Å². The third-order valence-corrected chi connectivity index (χ3v) is 4.81. The maximum absolute atomic E-state index is 12.4. The molecule has 0 saturated heterocycles. The molecular formula is C21H27N3O2. The molecule has 1 aromatic carbocycles. The second-order valence-corrected chi connectivity index (χ2v) is 6.72. The van der Waals surface area contributed by atoms with E-state index >= 15 is 0 Å². The predicted molar refractivity (Wildman–Crippen MR) is 101 cm³/mol. The standard InChI is InChI=1S/C21H27N3O2/c1-2-6-16-9-11-17(12-10-16)15-19(21(26)23-14-13-22)24-20(25)18-7-4-3-5-8-18/h3-8,17,19H,2,9-12,14-15H2,1H3,(H,23,26)(H,24,25)/t17?,19-/m0/s1. The van der Waals surface area contributed by atoms with Crippen molar-refractivity contribution in [3.63, 3.8) is 0 Å². The Bertz CT molecular complexity index is 666. The van der Waals surface area contributed by atoms with Crippen LogP contribution in [0, 0.1) is 17.2 Å². The highest BCUT2D eigenvalue weighted by molar-refractivity contribution is 5.97. The highest BCUT2D eigenvalue weighted by Crippen LogP contribution is 2.31. The van der Waals surface area contributed by atoms with Gasteiger partial charge in [-0.1, -0.05) is 36.8 Å². The van der Waals surface area contributed by atoms with Crippen molar-refractivity contribution >= 4 is 11.8 Å². The van der Waals surface area contributed by atoms with Gasteiger partial charge in [-0.3, -0.25) is 9.59 Å². The number of hydrogen-bond donors (Lipinski definition) is 2. The van der Waals surface area contributed by atoms with Crippen molar-refractivity contribution in [1.82, 2.24) is 10.6 Å². The SMILES string of the molecule is CCC=C1CCC(C[C@H](NC(=O)c2ccccc2)C(=O)NCC#N)CC1. The largest absolute Gasteiger partial charge is 0.341 e. The monoisotopic (exact) mass is 353 g/mol. The molecule has 0 radical (unpaired) electrons. The Labute approximate surface area is 155 Å². The third kappa shape index (κ3) is 6.03. The zero-order valence-electron chi connectivity index (χ0n) is 15.3. The lowest BCUT2D eigenvalue weighted by Gasteiger charge is -2.28. The molecule has 0 aromatic heterocycles. The second kappa shape index (κ2) is 10.4. The van der Waals surface area contributed by atoms with Crippen LogP contribution >= 0.6 is 0 Å². The first-order chi connectivity index (χ1) is 12.6. The van der Waals surface area contributed by atoms with E-state index in [-0.39, 0.29) is 18.4 Å². The van der Waals surface area contributed by atoms with Crippen molar-refractivity contribution in [3.8, 4) is 6.07 Å². The molecule has 5 nitrogen and oxygen atoms in total. The molecule has 1 atom stereocenters. The van der Waals surface area contributed by atoms with Crippen LogP contribution in [0.2, 0.25) is 0 Å². The minimum atomic E-state index is -0.613. The average Bonchev–Trinajstić information content (AvgIpc) is 2.68. The smallest absolute Gasteiger partial charge is 0.251 e. The van der Waals surface area contributed by atoms with Crippen LogP contribution in [0.5, 0.6) is 0 Å². The molecule has 26 heavy (non-hydrogen) atoms. The number of benzene rings is 1. The van der Waals surface area contributed by atoms with Gasteiger partial charge in [0.1, 0.15) is 12.6 Å². The van der Waals surface area contributed by atoms with E-state index in [0.29, 0.717) is 17.9 Å². The fourth-order valence-corrected chi connectivity index (χ4v) is 3.42. The van der Waals surface area contributed by atoms with E-state index in [1.807, 2.05) is 12.1 Å². The number of amides is 2. The van der Waals surface area contributed by atoms with Crippen LogP contribution in [-0.4, -0.2) is 24.4 Å². The van der Waals surface area contributed by atoms with E-state index in [4.69, 9.17) is 5.26 Å². The van der Waals surface area contributed by atoms with Gasteiger partial charge in [0.15, 0.2) is 0 Å². The second-order valence-electron chi connectivity index (χ2n) is 6.72. The summed E-state index contributed by atoms with van der Waals surface area (Å²) in [6, 6.07) is 10.2. The number of carbonyl (C=O) groups excluding carboxylic acids is 2. The van der Waals surface area contributed by atoms with E-state index in [0.717, 1.165) is 32.1 Å². The van der Waals surface area contributed by atoms with E-state index < -0.39 is 6.04 Å². The summed E-state index contributed by atoms with van der Waals surface area (Å²) in [7, 11) is 0. The molecule has 0 aliphatic heterocycles. The lowest BCUT2D eigenvalue weighted by Crippen LogP contribution is -2.48. The number of hydrogen-bond acceptors (Lipinski definition) is 3. The van der Waals surface area contributed by atoms with Gasteiger partial charge >= 0.3 is 0 Å². The van der Waals surface area contributed by atoms with Gasteiger partial charge in [-0.2, -0.15) is 5.26 Å². The van der Waals surface area contributed by atoms with Crippen LogP contribution in [-0.2, 0) is 4.79 Å². The zero-order chi connectivity index (χ0) is 18.8. The number of rotatable bonds is 7. The summed E-state index contributed by atoms with van der Waals surface area (Å²) >= 11 is 0. The van der Waals surface area contributed by atoms with Gasteiger partial charge in [0.05, 0.1) is 6.07 Å². The van der Waals surface area contributed by atoms with E-state index in [1.165, 1.54) is 5.57 Å². The van der Waals surface area contributed by atoms with Crippen LogP contribution in [0.15, 0.2) is 42.0 Å². The maximum atomic E-state index is 12.4. The van der Waals surface area contributed by atoms with Crippen molar-refractivity contribution in [2.75, 3.05) is 6.54 Å². The van der Waals surface area contributed by atoms with E-state index in [9.17, 15) is 9.59 Å². The van der Waals surface area contributed by atoms with Crippen molar-refractivity contribution in [2.45, 2.75) is 51.5 Å². The lowest BCUT2D eigenvalue weighted by molar-refractivity contribution is -0.123. The molecule has 0 spiro atoms. The molecule has 2 amide bonds. The molecule has 2 rings (SSSR count). The van der Waals surface area contributed by atoms with Crippen molar-refractivity contribution in [3.05, 3.63) is 47.5 Å². The summed E-state index contributed by atoms with van der Waals surface area (Å²) in [4.78, 5) is 24.9. The molecule has 1 fully saturated rings. The number of carbonyl (C=O) groups is 2. The molecule has 5 heteroatoms. The summed E-state index contributed by atoms with van der Waals surface area (Å²) in [5.41, 5.74) is 2.03. The molecule has 1 aliphatic carbocycles. The predicted octanol–water partition coefficient (Wildman–Crippen LogP) is 3.34. The highest BCUT2D eigenvalue weighted by Gasteiger charge is 2.26. The molecule has 138 valence electrons. The van der Waals surface area contributed by atoms with Crippen LogP contribution < -0.4 is 10.6 Å². The van der Waals surface area contributed by atoms with Gasteiger partial charge in [-0.15, -0.1) is 0 Å². The average molecular weight is 353 g/mol. The topological polar surface area (TPSA) is 82.0 Å². The van der Waals surface area contributed by atoms with Crippen molar-refractivity contribution < 1.29 is 9.59 Å². The van der Waals surface area contributed by atoms with Gasteiger partial charge in [-0.25, -0.2) is 0 Å². The minimum absolute atomic E-state index is 0.0510. The molecular weight excluding hydrogens is 326 g/mol. The first kappa shape index (κ1) is 19.7. The Morgan fingerprint density at radius 2 is 1.96 bits per heavy atom. The number of nitrogens with zero attached hydrogens (tertiary/aromatic N) is 1. The third-order valence-electron chi connectivity index (χ3n) is 4.81. The normalized spacial score (nSPS) is 17.7. The summed E-state index contributed by atoms with van der Waals surface area (Å²) in [5.74, 6) is -0.145. The molecule has 0 bridgehead atoms. The van der Waals surface area contributed by atoms with Gasteiger partial charge < -0.3 is 10.6 Å². The van der Waals surface area contributed by atoms with Gasteiger partial charge in [0.25, 0.3) is 5.91 Å². The Balaban J connectivity index is 2.00. The Morgan fingerprint density at radius 1 is 1.27 bits per heavy atom. The molecule has 0 heterocycles. The molecule has 0 unspecified atom stereocenters. The quantitative estimate of drug-likeness (QED) is 0.582. The molecule has 1 saturated carbocycles. The first-order valence-electron chi connectivity index (χ1n) is 9.32. The molecule has 1 aliphatic rings. The Hall–Kier alpha value is -2.61. The van der Waals surface area contributed by atoms with Crippen LogP contribution in [0.4, 0.5) is 0 Å². The summed E-state index contributed by atoms with van der Waals surface area (Å²) in [6.07, 6.45) is 8.17. The zero-order valence-corrected chi connectivity index (χ0v) is 15.3. The molecule has 2 N–H and O–H groups in total. The summed E-state index contributed by atoms with van der Waals surface area (Å²) in [6.45, 7) is 2.10. The molecule has 1 aromatic rings. The Kier molecular flexibility index (Phi) is 7.88.